The molecule has 0 bridgehead atoms. The van der Waals surface area contributed by atoms with Crippen molar-refractivity contribution in [1.82, 2.24) is 5.48 Å². The largest absolute Gasteiger partial charge is 0.453 e. The van der Waals surface area contributed by atoms with Crippen LogP contribution in [0.4, 0.5) is 0 Å². The van der Waals surface area contributed by atoms with Gasteiger partial charge < -0.3 is 14.7 Å². The van der Waals surface area contributed by atoms with Gasteiger partial charge in [-0.15, -0.1) is 0 Å². The lowest BCUT2D eigenvalue weighted by Crippen LogP contribution is -2.09. The fraction of sp³-hybridized carbons (Fsp3) is 0.400. The Balaban J connectivity index is 2.52. The van der Waals surface area contributed by atoms with Crippen LogP contribution in [0.1, 0.15) is 18.1 Å². The lowest BCUT2D eigenvalue weighted by atomic mass is 10.0. The maximum absolute atomic E-state index is 8.74. The zero-order valence-electron chi connectivity index (χ0n) is 8.34. The van der Waals surface area contributed by atoms with E-state index in [0.717, 1.165) is 33.5 Å². The molecule has 2 rings (SSSR count). The Morgan fingerprint density at radius 2 is 2.20 bits per heavy atom. The quantitative estimate of drug-likeness (QED) is 0.830. The topological polar surface area (TPSA) is 50.7 Å². The first-order valence-electron chi connectivity index (χ1n) is 4.74. The first kappa shape index (κ1) is 10.7. The predicted molar refractivity (Wildman–Crippen MR) is 58.3 cm³/mol. The van der Waals surface area contributed by atoms with Gasteiger partial charge in [0.25, 0.3) is 0 Å². The van der Waals surface area contributed by atoms with Gasteiger partial charge in [0.2, 0.25) is 6.79 Å². The third-order valence-electron chi connectivity index (χ3n) is 2.42. The second-order valence-electron chi connectivity index (χ2n) is 3.25. The van der Waals surface area contributed by atoms with Crippen molar-refractivity contribution in [3.05, 3.63) is 21.7 Å². The SMILES string of the molecule is CCc1c(CNO)cc(Br)c2c1OCO2. The summed E-state index contributed by atoms with van der Waals surface area (Å²) in [6.45, 7) is 2.71. The summed E-state index contributed by atoms with van der Waals surface area (Å²) in [5.41, 5.74) is 4.25. The van der Waals surface area contributed by atoms with Crippen LogP contribution in [0.5, 0.6) is 11.5 Å². The van der Waals surface area contributed by atoms with Crippen molar-refractivity contribution in [2.45, 2.75) is 19.9 Å². The molecule has 1 aliphatic heterocycles. The van der Waals surface area contributed by atoms with Gasteiger partial charge in [-0.3, -0.25) is 0 Å². The average molecular weight is 274 g/mol. The number of fused-ring (bicyclic) bond motifs is 1. The smallest absolute Gasteiger partial charge is 0.231 e. The highest BCUT2D eigenvalue weighted by Crippen LogP contribution is 2.43. The normalized spacial score (nSPS) is 13.3. The Bertz CT molecular complexity index is 381. The summed E-state index contributed by atoms with van der Waals surface area (Å²) in [4.78, 5) is 0. The Morgan fingerprint density at radius 1 is 1.47 bits per heavy atom. The fourth-order valence-electron chi connectivity index (χ4n) is 1.76. The van der Waals surface area contributed by atoms with Crippen LogP contribution >= 0.6 is 15.9 Å². The summed E-state index contributed by atoms with van der Waals surface area (Å²) >= 11 is 3.42. The van der Waals surface area contributed by atoms with E-state index in [2.05, 4.69) is 21.4 Å². The molecule has 5 heteroatoms. The van der Waals surface area contributed by atoms with Crippen molar-refractivity contribution in [2.75, 3.05) is 6.79 Å². The second kappa shape index (κ2) is 4.38. The summed E-state index contributed by atoms with van der Waals surface area (Å²) < 4.78 is 11.6. The van der Waals surface area contributed by atoms with Crippen LogP contribution in [0.2, 0.25) is 0 Å². The molecule has 1 aromatic rings. The standard InChI is InChI=1S/C10H12BrNO3/c1-2-7-6(4-12-13)3-8(11)10-9(7)14-5-15-10/h3,12-13H,2,4-5H2,1H3. The number of benzene rings is 1. The highest BCUT2D eigenvalue weighted by atomic mass is 79.9. The molecule has 0 amide bonds. The molecule has 0 atom stereocenters. The molecule has 0 aliphatic carbocycles. The van der Waals surface area contributed by atoms with Gasteiger partial charge in [0.1, 0.15) is 0 Å². The number of hydrogen-bond acceptors (Lipinski definition) is 4. The van der Waals surface area contributed by atoms with Crippen molar-refractivity contribution >= 4 is 15.9 Å². The maximum Gasteiger partial charge on any atom is 0.231 e. The number of ether oxygens (including phenoxy) is 2. The molecule has 1 aromatic carbocycles. The molecular formula is C10H12BrNO3. The maximum atomic E-state index is 8.74. The zero-order chi connectivity index (χ0) is 10.8. The summed E-state index contributed by atoms with van der Waals surface area (Å²) in [6, 6.07) is 1.94. The summed E-state index contributed by atoms with van der Waals surface area (Å²) in [5.74, 6) is 1.55. The molecule has 1 aliphatic rings. The molecule has 15 heavy (non-hydrogen) atoms. The molecule has 0 radical (unpaired) electrons. The van der Waals surface area contributed by atoms with E-state index in [-0.39, 0.29) is 6.79 Å². The van der Waals surface area contributed by atoms with Crippen molar-refractivity contribution in [2.24, 2.45) is 0 Å². The Labute approximate surface area is 96.3 Å². The minimum Gasteiger partial charge on any atom is -0.453 e. The lowest BCUT2D eigenvalue weighted by Gasteiger charge is -2.11. The molecule has 82 valence electrons. The minimum absolute atomic E-state index is 0.261. The van der Waals surface area contributed by atoms with E-state index in [4.69, 9.17) is 14.7 Å². The van der Waals surface area contributed by atoms with Gasteiger partial charge in [-0.1, -0.05) is 6.92 Å². The first-order valence-corrected chi connectivity index (χ1v) is 5.54. The minimum atomic E-state index is 0.261. The molecule has 0 fully saturated rings. The highest BCUT2D eigenvalue weighted by molar-refractivity contribution is 9.10. The van der Waals surface area contributed by atoms with E-state index in [1.54, 1.807) is 0 Å². The van der Waals surface area contributed by atoms with Gasteiger partial charge in [-0.05, 0) is 34.0 Å². The van der Waals surface area contributed by atoms with Crippen LogP contribution in [0.15, 0.2) is 10.5 Å². The highest BCUT2D eigenvalue weighted by Gasteiger charge is 2.22. The van der Waals surface area contributed by atoms with Crippen LogP contribution in [0.3, 0.4) is 0 Å². The molecule has 0 spiro atoms. The Morgan fingerprint density at radius 3 is 2.87 bits per heavy atom. The predicted octanol–water partition coefficient (Wildman–Crippen LogP) is 2.22. The fourth-order valence-corrected chi connectivity index (χ4v) is 2.33. The van der Waals surface area contributed by atoms with E-state index in [1.165, 1.54) is 0 Å². The number of hydrogen-bond donors (Lipinski definition) is 2. The molecule has 2 N–H and O–H groups in total. The third kappa shape index (κ3) is 1.82. The van der Waals surface area contributed by atoms with Crippen LogP contribution in [-0.4, -0.2) is 12.0 Å². The van der Waals surface area contributed by atoms with Gasteiger partial charge in [-0.2, -0.15) is 0 Å². The monoisotopic (exact) mass is 273 g/mol. The van der Waals surface area contributed by atoms with Crippen LogP contribution in [0, 0.1) is 0 Å². The van der Waals surface area contributed by atoms with Gasteiger partial charge >= 0.3 is 0 Å². The van der Waals surface area contributed by atoms with Crippen LogP contribution < -0.4 is 15.0 Å². The molecule has 1 heterocycles. The summed E-state index contributed by atoms with van der Waals surface area (Å²) in [6.07, 6.45) is 0.843. The van der Waals surface area contributed by atoms with Crippen molar-refractivity contribution in [1.29, 1.82) is 0 Å². The van der Waals surface area contributed by atoms with Gasteiger partial charge in [0.15, 0.2) is 11.5 Å². The van der Waals surface area contributed by atoms with Crippen molar-refractivity contribution in [3.63, 3.8) is 0 Å². The average Bonchev–Trinajstić information content (AvgIpc) is 2.68. The molecule has 4 nitrogen and oxygen atoms in total. The van der Waals surface area contributed by atoms with Crippen LogP contribution in [-0.2, 0) is 13.0 Å². The number of halogens is 1. The molecule has 0 saturated heterocycles. The molecule has 0 unspecified atom stereocenters. The molecular weight excluding hydrogens is 262 g/mol. The molecule has 0 aromatic heterocycles. The summed E-state index contributed by atoms with van der Waals surface area (Å²) in [7, 11) is 0. The number of hydroxylamine groups is 1. The second-order valence-corrected chi connectivity index (χ2v) is 4.10. The number of nitrogens with one attached hydrogen (secondary N) is 1. The summed E-state index contributed by atoms with van der Waals surface area (Å²) in [5, 5.41) is 8.74. The third-order valence-corrected chi connectivity index (χ3v) is 3.00. The van der Waals surface area contributed by atoms with Crippen molar-refractivity contribution < 1.29 is 14.7 Å². The van der Waals surface area contributed by atoms with Crippen LogP contribution in [0.25, 0.3) is 0 Å². The van der Waals surface area contributed by atoms with E-state index in [0.29, 0.717) is 6.54 Å². The molecule has 0 saturated carbocycles. The lowest BCUT2D eigenvalue weighted by molar-refractivity contribution is 0.160. The first-order chi connectivity index (χ1) is 7.27. The Kier molecular flexibility index (Phi) is 3.14. The van der Waals surface area contributed by atoms with Gasteiger partial charge in [0, 0.05) is 12.1 Å². The van der Waals surface area contributed by atoms with Crippen molar-refractivity contribution in [3.8, 4) is 11.5 Å². The van der Waals surface area contributed by atoms with E-state index >= 15 is 0 Å². The van der Waals surface area contributed by atoms with Gasteiger partial charge in [-0.25, -0.2) is 5.48 Å². The van der Waals surface area contributed by atoms with E-state index in [9.17, 15) is 0 Å². The van der Waals surface area contributed by atoms with E-state index < -0.39 is 0 Å². The Hall–Kier alpha value is -0.780. The van der Waals surface area contributed by atoms with Gasteiger partial charge in [0.05, 0.1) is 4.47 Å². The zero-order valence-corrected chi connectivity index (χ0v) is 9.93. The van der Waals surface area contributed by atoms with E-state index in [1.807, 2.05) is 13.0 Å². The number of rotatable bonds is 3.